The van der Waals surface area contributed by atoms with E-state index in [2.05, 4.69) is 24.1 Å². The fourth-order valence-electron chi connectivity index (χ4n) is 2.61. The van der Waals surface area contributed by atoms with Crippen LogP contribution < -0.4 is 5.32 Å². The molecule has 1 aliphatic carbocycles. The van der Waals surface area contributed by atoms with Gasteiger partial charge in [-0.3, -0.25) is 0 Å². The summed E-state index contributed by atoms with van der Waals surface area (Å²) in [6.07, 6.45) is 4.92. The maximum atomic E-state index is 9.68. The predicted molar refractivity (Wildman–Crippen MR) is 68.6 cm³/mol. The Morgan fingerprint density at radius 1 is 1.25 bits per heavy atom. The third-order valence-electron chi connectivity index (χ3n) is 3.72. The van der Waals surface area contributed by atoms with Gasteiger partial charge in [0.1, 0.15) is 0 Å². The average Bonchev–Trinajstić information content (AvgIpc) is 3.11. The Bertz CT molecular complexity index is 182. The highest BCUT2D eigenvalue weighted by molar-refractivity contribution is 5.02. The van der Waals surface area contributed by atoms with E-state index in [0.29, 0.717) is 5.92 Å². The van der Waals surface area contributed by atoms with Crippen molar-refractivity contribution in [1.82, 2.24) is 10.2 Å². The molecule has 16 heavy (non-hydrogen) atoms. The van der Waals surface area contributed by atoms with Crippen LogP contribution in [0.15, 0.2) is 0 Å². The van der Waals surface area contributed by atoms with E-state index >= 15 is 0 Å². The summed E-state index contributed by atoms with van der Waals surface area (Å²) in [6.45, 7) is 7.98. The number of rotatable bonds is 9. The van der Waals surface area contributed by atoms with Crippen molar-refractivity contribution in [3.05, 3.63) is 0 Å². The first-order chi connectivity index (χ1) is 7.72. The number of likely N-dealkylation sites (N-methyl/N-ethyl adjacent to an activating group) is 1. The van der Waals surface area contributed by atoms with Crippen molar-refractivity contribution in [3.63, 3.8) is 0 Å². The largest absolute Gasteiger partial charge is 0.394 e. The van der Waals surface area contributed by atoms with Crippen molar-refractivity contribution in [3.8, 4) is 0 Å². The predicted octanol–water partition coefficient (Wildman–Crippen LogP) is 1.47. The van der Waals surface area contributed by atoms with E-state index in [0.717, 1.165) is 19.6 Å². The number of aliphatic hydroxyl groups excluding tert-OH is 1. The van der Waals surface area contributed by atoms with E-state index in [1.54, 1.807) is 0 Å². The van der Waals surface area contributed by atoms with Gasteiger partial charge >= 0.3 is 0 Å². The zero-order chi connectivity index (χ0) is 12.0. The Labute approximate surface area is 100 Å². The van der Waals surface area contributed by atoms with E-state index in [4.69, 9.17) is 0 Å². The van der Waals surface area contributed by atoms with Crippen LogP contribution in [0.4, 0.5) is 0 Å². The lowest BCUT2D eigenvalue weighted by molar-refractivity contribution is 0.0964. The average molecular weight is 228 g/mol. The highest BCUT2D eigenvalue weighted by Gasteiger charge is 2.44. The van der Waals surface area contributed by atoms with Crippen LogP contribution in [0.1, 0.15) is 39.5 Å². The lowest BCUT2D eigenvalue weighted by Crippen LogP contribution is -2.56. The third kappa shape index (κ3) is 3.44. The maximum Gasteiger partial charge on any atom is 0.0628 e. The molecule has 0 aliphatic heterocycles. The zero-order valence-corrected chi connectivity index (χ0v) is 11.1. The fraction of sp³-hybridized carbons (Fsp3) is 1.00. The Balaban J connectivity index is 2.56. The number of aliphatic hydroxyl groups is 1. The lowest BCUT2D eigenvalue weighted by atomic mass is 9.93. The molecular formula is C13H28N2O. The highest BCUT2D eigenvalue weighted by atomic mass is 16.3. The van der Waals surface area contributed by atoms with Crippen LogP contribution in [-0.2, 0) is 0 Å². The second-order valence-corrected chi connectivity index (χ2v) is 5.11. The molecule has 0 saturated heterocycles. The molecule has 0 aromatic heterocycles. The van der Waals surface area contributed by atoms with Crippen molar-refractivity contribution in [1.29, 1.82) is 0 Å². The summed E-state index contributed by atoms with van der Waals surface area (Å²) < 4.78 is 0. The molecule has 3 nitrogen and oxygen atoms in total. The van der Waals surface area contributed by atoms with Gasteiger partial charge < -0.3 is 15.3 Å². The fourth-order valence-corrected chi connectivity index (χ4v) is 2.61. The Hall–Kier alpha value is -0.120. The molecule has 0 heterocycles. The van der Waals surface area contributed by atoms with Gasteiger partial charge in [0.15, 0.2) is 0 Å². The van der Waals surface area contributed by atoms with Gasteiger partial charge in [0.05, 0.1) is 12.1 Å². The first-order valence-corrected chi connectivity index (χ1v) is 6.74. The molecule has 1 unspecified atom stereocenters. The number of nitrogens with one attached hydrogen (secondary N) is 1. The Kier molecular flexibility index (Phi) is 5.73. The number of nitrogens with zero attached hydrogens (tertiary/aromatic N) is 1. The molecule has 96 valence electrons. The lowest BCUT2D eigenvalue weighted by Gasteiger charge is -2.37. The molecule has 0 spiro atoms. The molecule has 0 aromatic rings. The summed E-state index contributed by atoms with van der Waals surface area (Å²) >= 11 is 0. The molecule has 1 atom stereocenters. The standard InChI is InChI=1S/C13H28N2O/c1-4-8-15(9-5-2)10-13(11-16,14-3)12-6-7-12/h12,14,16H,4-11H2,1-3H3. The Morgan fingerprint density at radius 2 is 1.81 bits per heavy atom. The monoisotopic (exact) mass is 228 g/mol. The molecule has 0 aromatic carbocycles. The minimum Gasteiger partial charge on any atom is -0.394 e. The summed E-state index contributed by atoms with van der Waals surface area (Å²) in [4.78, 5) is 2.49. The van der Waals surface area contributed by atoms with E-state index < -0.39 is 0 Å². The van der Waals surface area contributed by atoms with Gasteiger partial charge in [-0.15, -0.1) is 0 Å². The third-order valence-corrected chi connectivity index (χ3v) is 3.72. The van der Waals surface area contributed by atoms with Gasteiger partial charge in [-0.05, 0) is 51.7 Å². The topological polar surface area (TPSA) is 35.5 Å². The van der Waals surface area contributed by atoms with Gasteiger partial charge in [0, 0.05) is 6.54 Å². The molecule has 1 saturated carbocycles. The van der Waals surface area contributed by atoms with Gasteiger partial charge in [-0.25, -0.2) is 0 Å². The van der Waals surface area contributed by atoms with Crippen LogP contribution >= 0.6 is 0 Å². The molecule has 1 fully saturated rings. The minimum absolute atomic E-state index is 0.0512. The van der Waals surface area contributed by atoms with Crippen LogP contribution in [0.3, 0.4) is 0 Å². The highest BCUT2D eigenvalue weighted by Crippen LogP contribution is 2.39. The SMILES string of the molecule is CCCN(CCC)CC(CO)(NC)C1CC1. The molecule has 0 radical (unpaired) electrons. The van der Waals surface area contributed by atoms with Gasteiger partial charge in [-0.2, -0.15) is 0 Å². The second kappa shape index (κ2) is 6.58. The summed E-state index contributed by atoms with van der Waals surface area (Å²) in [5, 5.41) is 13.1. The molecule has 2 N–H and O–H groups in total. The van der Waals surface area contributed by atoms with Crippen LogP contribution in [0.25, 0.3) is 0 Å². The van der Waals surface area contributed by atoms with Crippen LogP contribution in [0.2, 0.25) is 0 Å². The van der Waals surface area contributed by atoms with Crippen molar-refractivity contribution in [2.45, 2.75) is 45.1 Å². The zero-order valence-electron chi connectivity index (χ0n) is 11.1. The number of hydrogen-bond donors (Lipinski definition) is 2. The van der Waals surface area contributed by atoms with Crippen molar-refractivity contribution >= 4 is 0 Å². The number of hydrogen-bond acceptors (Lipinski definition) is 3. The van der Waals surface area contributed by atoms with Gasteiger partial charge in [-0.1, -0.05) is 13.8 Å². The summed E-state index contributed by atoms with van der Waals surface area (Å²) in [7, 11) is 1.99. The molecule has 0 amide bonds. The van der Waals surface area contributed by atoms with E-state index in [1.807, 2.05) is 7.05 Å². The molecular weight excluding hydrogens is 200 g/mol. The molecule has 1 aliphatic rings. The van der Waals surface area contributed by atoms with Crippen molar-refractivity contribution < 1.29 is 5.11 Å². The van der Waals surface area contributed by atoms with Crippen LogP contribution in [0, 0.1) is 5.92 Å². The summed E-state index contributed by atoms with van der Waals surface area (Å²) in [6, 6.07) is 0. The van der Waals surface area contributed by atoms with E-state index in [-0.39, 0.29) is 12.1 Å². The summed E-state index contributed by atoms with van der Waals surface area (Å²) in [5.41, 5.74) is -0.0512. The van der Waals surface area contributed by atoms with Crippen LogP contribution in [0.5, 0.6) is 0 Å². The quantitative estimate of drug-likeness (QED) is 0.627. The summed E-state index contributed by atoms with van der Waals surface area (Å²) in [5.74, 6) is 0.679. The van der Waals surface area contributed by atoms with Crippen molar-refractivity contribution in [2.24, 2.45) is 5.92 Å². The molecule has 3 heteroatoms. The Morgan fingerprint density at radius 3 is 2.12 bits per heavy atom. The van der Waals surface area contributed by atoms with E-state index in [9.17, 15) is 5.11 Å². The van der Waals surface area contributed by atoms with E-state index in [1.165, 1.54) is 25.7 Å². The maximum absolute atomic E-state index is 9.68. The van der Waals surface area contributed by atoms with Crippen LogP contribution in [-0.4, -0.2) is 48.8 Å². The smallest absolute Gasteiger partial charge is 0.0628 e. The first-order valence-electron chi connectivity index (χ1n) is 6.74. The normalized spacial score (nSPS) is 20.1. The van der Waals surface area contributed by atoms with Crippen molar-refractivity contribution in [2.75, 3.05) is 33.3 Å². The first kappa shape index (κ1) is 13.9. The van der Waals surface area contributed by atoms with Gasteiger partial charge in [0.2, 0.25) is 0 Å². The molecule has 0 bridgehead atoms. The minimum atomic E-state index is -0.0512. The van der Waals surface area contributed by atoms with Gasteiger partial charge in [0.25, 0.3) is 0 Å². The second-order valence-electron chi connectivity index (χ2n) is 5.11. The molecule has 1 rings (SSSR count).